The summed E-state index contributed by atoms with van der Waals surface area (Å²) in [6.07, 6.45) is 1.04. The topological polar surface area (TPSA) is 15.3 Å². The Morgan fingerprint density at radius 2 is 2.00 bits per heavy atom. The third-order valence-electron chi connectivity index (χ3n) is 2.00. The summed E-state index contributed by atoms with van der Waals surface area (Å²) in [4.78, 5) is 0. The molecular weight excluding hydrogens is 148 g/mol. The van der Waals surface area contributed by atoms with Crippen LogP contribution in [0.5, 0.6) is 0 Å². The Morgan fingerprint density at radius 1 is 1.25 bits per heavy atom. The minimum absolute atomic E-state index is 1.02. The van der Waals surface area contributed by atoms with E-state index in [1.807, 2.05) is 18.2 Å². The third kappa shape index (κ3) is 1.28. The van der Waals surface area contributed by atoms with E-state index in [1.54, 1.807) is 0 Å². The van der Waals surface area contributed by atoms with Gasteiger partial charge in [0.25, 0.3) is 0 Å². The van der Waals surface area contributed by atoms with Gasteiger partial charge >= 0.3 is 0 Å². The van der Waals surface area contributed by atoms with Gasteiger partial charge in [-0.15, -0.1) is 0 Å². The Kier molecular flexibility index (Phi) is 1.74. The molecule has 1 heterocycles. The van der Waals surface area contributed by atoms with Crippen LogP contribution in [0.25, 0.3) is 0 Å². The minimum atomic E-state index is 1.02. The zero-order chi connectivity index (χ0) is 8.39. The summed E-state index contributed by atoms with van der Waals surface area (Å²) in [5.74, 6) is 0. The number of hydrazine groups is 1. The van der Waals surface area contributed by atoms with Crippen molar-refractivity contribution in [3.63, 3.8) is 0 Å². The zero-order valence-corrected chi connectivity index (χ0v) is 6.96. The van der Waals surface area contributed by atoms with Gasteiger partial charge in [-0.3, -0.25) is 5.01 Å². The smallest absolute Gasteiger partial charge is 0.0571 e. The van der Waals surface area contributed by atoms with Crippen LogP contribution in [-0.4, -0.2) is 6.54 Å². The first kappa shape index (κ1) is 7.22. The fourth-order valence-electron chi connectivity index (χ4n) is 1.35. The highest BCUT2D eigenvalue weighted by molar-refractivity contribution is 5.46. The molecule has 0 unspecified atom stereocenters. The molecule has 0 aliphatic carbocycles. The van der Waals surface area contributed by atoms with E-state index in [0.717, 1.165) is 18.7 Å². The van der Waals surface area contributed by atoms with Gasteiger partial charge in [0, 0.05) is 18.7 Å². The molecule has 1 aliphatic rings. The lowest BCUT2D eigenvalue weighted by Crippen LogP contribution is -2.29. The predicted molar refractivity (Wildman–Crippen MR) is 50.7 cm³/mol. The highest BCUT2D eigenvalue weighted by Crippen LogP contribution is 2.17. The Morgan fingerprint density at radius 3 is 2.58 bits per heavy atom. The quantitative estimate of drug-likeness (QED) is 0.675. The van der Waals surface area contributed by atoms with E-state index in [0.29, 0.717) is 0 Å². The fourth-order valence-corrected chi connectivity index (χ4v) is 1.35. The lowest BCUT2D eigenvalue weighted by Gasteiger charge is -2.17. The molecule has 0 saturated carbocycles. The molecule has 0 atom stereocenters. The zero-order valence-electron chi connectivity index (χ0n) is 6.96. The molecule has 0 spiro atoms. The molecule has 1 N–H and O–H groups in total. The first-order chi connectivity index (χ1) is 5.86. The number of nitrogens with zero attached hydrogens (tertiary/aromatic N) is 1. The van der Waals surface area contributed by atoms with Crippen molar-refractivity contribution < 1.29 is 0 Å². The van der Waals surface area contributed by atoms with Crippen molar-refractivity contribution in [1.29, 1.82) is 0 Å². The second-order valence-corrected chi connectivity index (χ2v) is 2.95. The largest absolute Gasteiger partial charge is 0.303 e. The van der Waals surface area contributed by atoms with Crippen LogP contribution >= 0.6 is 0 Å². The molecule has 12 heavy (non-hydrogen) atoms. The van der Waals surface area contributed by atoms with Crippen LogP contribution in [0.4, 0.5) is 5.69 Å². The molecule has 0 radical (unpaired) electrons. The van der Waals surface area contributed by atoms with Gasteiger partial charge in [0.1, 0.15) is 0 Å². The molecular formula is C10H12N2. The molecule has 1 aliphatic heterocycles. The lowest BCUT2D eigenvalue weighted by atomic mass is 10.3. The van der Waals surface area contributed by atoms with Crippen LogP contribution in [-0.2, 0) is 0 Å². The van der Waals surface area contributed by atoms with Crippen molar-refractivity contribution in [3.8, 4) is 0 Å². The second-order valence-electron chi connectivity index (χ2n) is 2.95. The first-order valence-electron chi connectivity index (χ1n) is 4.13. The Hall–Kier alpha value is -1.44. The van der Waals surface area contributed by atoms with Gasteiger partial charge in [-0.05, 0) is 12.1 Å². The normalized spacial score (nSPS) is 16.3. The van der Waals surface area contributed by atoms with Crippen molar-refractivity contribution >= 4 is 5.69 Å². The number of hydrogen-bond donors (Lipinski definition) is 1. The SMILES string of the molecule is C=C1CCN(c2ccccc2)N1. The summed E-state index contributed by atoms with van der Waals surface area (Å²) < 4.78 is 0. The summed E-state index contributed by atoms with van der Waals surface area (Å²) in [5, 5.41) is 2.11. The van der Waals surface area contributed by atoms with E-state index in [2.05, 4.69) is 29.1 Å². The van der Waals surface area contributed by atoms with Crippen LogP contribution < -0.4 is 10.4 Å². The van der Waals surface area contributed by atoms with Crippen LogP contribution in [0.15, 0.2) is 42.6 Å². The lowest BCUT2D eigenvalue weighted by molar-refractivity contribution is 0.835. The number of rotatable bonds is 1. The van der Waals surface area contributed by atoms with E-state index < -0.39 is 0 Å². The third-order valence-corrected chi connectivity index (χ3v) is 2.00. The summed E-state index contributed by atoms with van der Waals surface area (Å²) in [6, 6.07) is 10.3. The highest BCUT2D eigenvalue weighted by Gasteiger charge is 2.13. The van der Waals surface area contributed by atoms with Crippen molar-refractivity contribution in [2.45, 2.75) is 6.42 Å². The summed E-state index contributed by atoms with van der Waals surface area (Å²) in [5.41, 5.74) is 5.51. The fraction of sp³-hybridized carbons (Fsp3) is 0.200. The van der Waals surface area contributed by atoms with E-state index in [9.17, 15) is 0 Å². The van der Waals surface area contributed by atoms with E-state index in [1.165, 1.54) is 5.69 Å². The molecule has 0 aromatic heterocycles. The molecule has 2 heteroatoms. The van der Waals surface area contributed by atoms with Crippen LogP contribution in [0, 0.1) is 0 Å². The van der Waals surface area contributed by atoms with Crippen molar-refractivity contribution in [3.05, 3.63) is 42.6 Å². The van der Waals surface area contributed by atoms with E-state index in [-0.39, 0.29) is 0 Å². The molecule has 2 rings (SSSR count). The molecule has 1 aromatic carbocycles. The Labute approximate surface area is 72.5 Å². The van der Waals surface area contributed by atoms with E-state index in [4.69, 9.17) is 0 Å². The second kappa shape index (κ2) is 2.89. The maximum atomic E-state index is 3.88. The van der Waals surface area contributed by atoms with Crippen LogP contribution in [0.3, 0.4) is 0 Å². The molecule has 0 bridgehead atoms. The summed E-state index contributed by atoms with van der Waals surface area (Å²) in [7, 11) is 0. The van der Waals surface area contributed by atoms with Gasteiger partial charge < -0.3 is 5.43 Å². The average molecular weight is 160 g/mol. The molecule has 62 valence electrons. The number of para-hydroxylation sites is 1. The first-order valence-corrected chi connectivity index (χ1v) is 4.13. The van der Waals surface area contributed by atoms with Gasteiger partial charge in [-0.2, -0.15) is 0 Å². The monoisotopic (exact) mass is 160 g/mol. The Balaban J connectivity index is 2.16. The summed E-state index contributed by atoms with van der Waals surface area (Å²) >= 11 is 0. The standard InChI is InChI=1S/C10H12N2/c1-9-7-8-12(11-9)10-5-3-2-4-6-10/h2-6,11H,1,7-8H2. The number of hydrogen-bond acceptors (Lipinski definition) is 2. The van der Waals surface area contributed by atoms with Crippen molar-refractivity contribution in [2.75, 3.05) is 11.6 Å². The maximum Gasteiger partial charge on any atom is 0.0571 e. The van der Waals surface area contributed by atoms with Gasteiger partial charge in [0.15, 0.2) is 0 Å². The van der Waals surface area contributed by atoms with Crippen molar-refractivity contribution in [1.82, 2.24) is 5.43 Å². The van der Waals surface area contributed by atoms with Crippen LogP contribution in [0.1, 0.15) is 6.42 Å². The maximum absolute atomic E-state index is 3.88. The van der Waals surface area contributed by atoms with Gasteiger partial charge in [0.2, 0.25) is 0 Å². The molecule has 2 nitrogen and oxygen atoms in total. The molecule has 1 aromatic rings. The van der Waals surface area contributed by atoms with Crippen LogP contribution in [0.2, 0.25) is 0 Å². The number of anilines is 1. The number of benzene rings is 1. The van der Waals surface area contributed by atoms with Gasteiger partial charge in [-0.1, -0.05) is 24.8 Å². The highest BCUT2D eigenvalue weighted by atomic mass is 15.5. The molecule has 0 amide bonds. The Bertz CT molecular complexity index is 279. The number of nitrogens with one attached hydrogen (secondary N) is 1. The minimum Gasteiger partial charge on any atom is -0.303 e. The van der Waals surface area contributed by atoms with Gasteiger partial charge in [-0.25, -0.2) is 0 Å². The van der Waals surface area contributed by atoms with Gasteiger partial charge in [0.05, 0.1) is 5.69 Å². The summed E-state index contributed by atoms with van der Waals surface area (Å²) in [6.45, 7) is 4.89. The predicted octanol–water partition coefficient (Wildman–Crippen LogP) is 1.92. The molecule has 1 saturated heterocycles. The average Bonchev–Trinajstić information content (AvgIpc) is 2.54. The van der Waals surface area contributed by atoms with Crippen molar-refractivity contribution in [2.24, 2.45) is 0 Å². The van der Waals surface area contributed by atoms with E-state index >= 15 is 0 Å². The molecule has 1 fully saturated rings.